The molecule has 0 unspecified atom stereocenters. The van der Waals surface area contributed by atoms with Gasteiger partial charge in [-0.15, -0.1) is 13.2 Å². The van der Waals surface area contributed by atoms with Gasteiger partial charge in [0.2, 0.25) is 0 Å². The van der Waals surface area contributed by atoms with E-state index in [4.69, 9.17) is 16.3 Å². The van der Waals surface area contributed by atoms with Gasteiger partial charge in [0.15, 0.2) is 0 Å². The maximum absolute atomic E-state index is 12.3. The molecule has 0 saturated heterocycles. The molecule has 1 aliphatic heterocycles. The van der Waals surface area contributed by atoms with E-state index in [1.165, 1.54) is 12.1 Å². The number of hydrogen-bond donors (Lipinski definition) is 0. The molecular weight excluding hydrogens is 407 g/mol. The number of aromatic nitrogens is 2. The Hall–Kier alpha value is -2.71. The molecule has 152 valence electrons. The molecule has 0 N–H and O–H groups in total. The van der Waals surface area contributed by atoms with E-state index in [2.05, 4.69) is 14.7 Å². The number of alkyl halides is 3. The van der Waals surface area contributed by atoms with E-state index >= 15 is 0 Å². The number of benzene rings is 2. The molecule has 0 radical (unpaired) electrons. The Kier molecular flexibility index (Phi) is 5.38. The van der Waals surface area contributed by atoms with Gasteiger partial charge in [0.05, 0.1) is 17.9 Å². The van der Waals surface area contributed by atoms with Crippen LogP contribution in [-0.4, -0.2) is 34.2 Å². The molecule has 0 aliphatic carbocycles. The van der Waals surface area contributed by atoms with Crippen LogP contribution < -0.4 is 9.47 Å². The second-order valence-electron chi connectivity index (χ2n) is 6.64. The largest absolute Gasteiger partial charge is 0.573 e. The molecule has 0 saturated carbocycles. The van der Waals surface area contributed by atoms with E-state index in [1.54, 1.807) is 29.2 Å². The lowest BCUT2D eigenvalue weighted by molar-refractivity contribution is -0.274. The normalized spacial score (nSPS) is 14.8. The van der Waals surface area contributed by atoms with Crippen LogP contribution in [0.3, 0.4) is 0 Å². The van der Waals surface area contributed by atoms with Crippen molar-refractivity contribution in [3.05, 3.63) is 65.4 Å². The van der Waals surface area contributed by atoms with Crippen molar-refractivity contribution in [2.24, 2.45) is 0 Å². The summed E-state index contributed by atoms with van der Waals surface area (Å²) in [7, 11) is 0. The summed E-state index contributed by atoms with van der Waals surface area (Å²) >= 11 is 5.93. The Morgan fingerprint density at radius 3 is 2.55 bits per heavy atom. The zero-order valence-corrected chi connectivity index (χ0v) is 16.0. The van der Waals surface area contributed by atoms with Crippen LogP contribution in [0.15, 0.2) is 54.9 Å². The minimum atomic E-state index is -4.70. The monoisotopic (exact) mass is 423 g/mol. The highest BCUT2D eigenvalue weighted by molar-refractivity contribution is 6.30. The summed E-state index contributed by atoms with van der Waals surface area (Å²) in [5.74, 6) is 0.551. The van der Waals surface area contributed by atoms with Gasteiger partial charge in [0.25, 0.3) is 0 Å². The lowest BCUT2D eigenvalue weighted by atomic mass is 10.0. The van der Waals surface area contributed by atoms with Crippen molar-refractivity contribution < 1.29 is 22.6 Å². The highest BCUT2D eigenvalue weighted by atomic mass is 35.5. The van der Waals surface area contributed by atoms with Crippen LogP contribution in [0.5, 0.6) is 11.5 Å². The average molecular weight is 424 g/mol. The first-order valence-corrected chi connectivity index (χ1v) is 9.26. The van der Waals surface area contributed by atoms with E-state index in [0.29, 0.717) is 24.8 Å². The van der Waals surface area contributed by atoms with Gasteiger partial charge in [-0.05, 0) is 35.4 Å². The quantitative estimate of drug-likeness (QED) is 0.595. The molecule has 3 aromatic rings. The fraction of sp³-hybridized carbons (Fsp3) is 0.250. The minimum Gasteiger partial charge on any atom is -0.492 e. The first-order chi connectivity index (χ1) is 13.9. The van der Waals surface area contributed by atoms with Crippen molar-refractivity contribution >= 4 is 11.6 Å². The van der Waals surface area contributed by atoms with Crippen molar-refractivity contribution in [1.29, 1.82) is 0 Å². The van der Waals surface area contributed by atoms with Crippen molar-refractivity contribution in [3.63, 3.8) is 0 Å². The fourth-order valence-electron chi connectivity index (χ4n) is 3.22. The predicted molar refractivity (Wildman–Crippen MR) is 102 cm³/mol. The van der Waals surface area contributed by atoms with E-state index in [0.717, 1.165) is 29.0 Å². The third-order valence-corrected chi connectivity index (χ3v) is 4.68. The second-order valence-corrected chi connectivity index (χ2v) is 7.07. The van der Waals surface area contributed by atoms with Crippen molar-refractivity contribution in [2.45, 2.75) is 19.6 Å². The molecule has 0 spiro atoms. The Morgan fingerprint density at radius 1 is 1.10 bits per heavy atom. The van der Waals surface area contributed by atoms with Crippen LogP contribution in [0, 0.1) is 0 Å². The Balaban J connectivity index is 1.53. The SMILES string of the molecule is FC(F)(F)Oc1ccc(-c2ccc3c(c2)CN(Cn2cc(Cl)cn2)CCO3)cc1. The number of ether oxygens (including phenoxy) is 2. The maximum Gasteiger partial charge on any atom is 0.573 e. The van der Waals surface area contributed by atoms with Gasteiger partial charge in [-0.2, -0.15) is 5.10 Å². The van der Waals surface area contributed by atoms with E-state index in [-0.39, 0.29) is 5.75 Å². The van der Waals surface area contributed by atoms with Gasteiger partial charge in [-0.3, -0.25) is 9.58 Å². The van der Waals surface area contributed by atoms with Crippen LogP contribution in [0.2, 0.25) is 5.02 Å². The summed E-state index contributed by atoms with van der Waals surface area (Å²) in [6, 6.07) is 11.6. The molecule has 0 atom stereocenters. The number of nitrogens with zero attached hydrogens (tertiary/aromatic N) is 3. The Morgan fingerprint density at radius 2 is 1.86 bits per heavy atom. The number of rotatable bonds is 4. The zero-order chi connectivity index (χ0) is 20.4. The van der Waals surface area contributed by atoms with E-state index in [9.17, 15) is 13.2 Å². The second kappa shape index (κ2) is 7.96. The fourth-order valence-corrected chi connectivity index (χ4v) is 3.37. The van der Waals surface area contributed by atoms with E-state index < -0.39 is 6.36 Å². The third kappa shape index (κ3) is 5.02. The summed E-state index contributed by atoms with van der Waals surface area (Å²) in [5.41, 5.74) is 2.67. The van der Waals surface area contributed by atoms with Crippen molar-refractivity contribution in [3.8, 4) is 22.6 Å². The first kappa shape index (κ1) is 19.6. The molecule has 4 rings (SSSR count). The smallest absolute Gasteiger partial charge is 0.492 e. The highest BCUT2D eigenvalue weighted by Crippen LogP contribution is 2.31. The number of fused-ring (bicyclic) bond motifs is 1. The molecule has 2 heterocycles. The molecule has 29 heavy (non-hydrogen) atoms. The van der Waals surface area contributed by atoms with Gasteiger partial charge in [-0.25, -0.2) is 0 Å². The van der Waals surface area contributed by atoms with E-state index in [1.807, 2.05) is 18.2 Å². The van der Waals surface area contributed by atoms with Crippen LogP contribution in [0.25, 0.3) is 11.1 Å². The van der Waals surface area contributed by atoms with Gasteiger partial charge in [-0.1, -0.05) is 29.8 Å². The van der Waals surface area contributed by atoms with Gasteiger partial charge < -0.3 is 9.47 Å². The average Bonchev–Trinajstić information content (AvgIpc) is 2.95. The summed E-state index contributed by atoms with van der Waals surface area (Å²) in [6.45, 7) is 2.49. The van der Waals surface area contributed by atoms with Crippen LogP contribution >= 0.6 is 11.6 Å². The molecule has 1 aliphatic rings. The van der Waals surface area contributed by atoms with Crippen molar-refractivity contribution in [1.82, 2.24) is 14.7 Å². The Bertz CT molecular complexity index is 989. The number of halogens is 4. The lowest BCUT2D eigenvalue weighted by Gasteiger charge is -2.19. The Labute approximate surface area is 170 Å². The van der Waals surface area contributed by atoms with Crippen LogP contribution in [0.4, 0.5) is 13.2 Å². The van der Waals surface area contributed by atoms with Crippen LogP contribution in [-0.2, 0) is 13.2 Å². The molecular formula is C20H17ClF3N3O2. The molecule has 2 aromatic carbocycles. The van der Waals surface area contributed by atoms with Gasteiger partial charge >= 0.3 is 6.36 Å². The standard InChI is InChI=1S/C20H17ClF3N3O2/c21-17-10-25-27(12-17)13-26-7-8-28-19-6-3-15(9-16(19)11-26)14-1-4-18(5-2-14)29-20(22,23)24/h1-6,9-10,12H,7-8,11,13H2. The van der Waals surface area contributed by atoms with Crippen LogP contribution in [0.1, 0.15) is 5.56 Å². The minimum absolute atomic E-state index is 0.247. The molecule has 0 amide bonds. The summed E-state index contributed by atoms with van der Waals surface area (Å²) in [5, 5.41) is 4.79. The predicted octanol–water partition coefficient (Wildman–Crippen LogP) is 4.95. The molecule has 5 nitrogen and oxygen atoms in total. The molecule has 0 fully saturated rings. The lowest BCUT2D eigenvalue weighted by Crippen LogP contribution is -2.28. The van der Waals surface area contributed by atoms with Crippen molar-refractivity contribution in [2.75, 3.05) is 13.2 Å². The molecule has 0 bridgehead atoms. The number of hydrogen-bond acceptors (Lipinski definition) is 4. The molecule has 9 heteroatoms. The zero-order valence-electron chi connectivity index (χ0n) is 15.2. The third-order valence-electron chi connectivity index (χ3n) is 4.49. The summed E-state index contributed by atoms with van der Waals surface area (Å²) in [4.78, 5) is 2.18. The highest BCUT2D eigenvalue weighted by Gasteiger charge is 2.31. The first-order valence-electron chi connectivity index (χ1n) is 8.88. The molecule has 1 aromatic heterocycles. The topological polar surface area (TPSA) is 39.5 Å². The summed E-state index contributed by atoms with van der Waals surface area (Å²) in [6.07, 6.45) is -1.35. The van der Waals surface area contributed by atoms with Gasteiger partial charge in [0, 0.05) is 24.8 Å². The van der Waals surface area contributed by atoms with Gasteiger partial charge in [0.1, 0.15) is 18.1 Å². The summed E-state index contributed by atoms with van der Waals surface area (Å²) < 4.78 is 48.5. The maximum atomic E-state index is 12.3.